The Kier molecular flexibility index (Phi) is 3.70. The van der Waals surface area contributed by atoms with Gasteiger partial charge in [-0.3, -0.25) is 4.79 Å². The van der Waals surface area contributed by atoms with Crippen molar-refractivity contribution in [3.05, 3.63) is 35.1 Å². The molecule has 109 valence electrons. The minimum Gasteiger partial charge on any atom is -0.481 e. The number of aromatic nitrogens is 4. The van der Waals surface area contributed by atoms with Crippen molar-refractivity contribution < 1.29 is 9.90 Å². The molecular formula is C13H14N5O2S. The Bertz CT molecular complexity index is 717. The second kappa shape index (κ2) is 5.65. The second-order valence-corrected chi connectivity index (χ2v) is 5.18. The topological polar surface area (TPSA) is 87.0 Å². The zero-order valence-corrected chi connectivity index (χ0v) is 12.0. The fourth-order valence-corrected chi connectivity index (χ4v) is 2.64. The highest BCUT2D eigenvalue weighted by atomic mass is 32.1. The highest BCUT2D eigenvalue weighted by Gasteiger charge is 2.18. The summed E-state index contributed by atoms with van der Waals surface area (Å²) in [6.07, 6.45) is 2.07. The highest BCUT2D eigenvalue weighted by Crippen LogP contribution is 2.29. The van der Waals surface area contributed by atoms with Gasteiger partial charge < -0.3 is 10.0 Å². The van der Waals surface area contributed by atoms with Gasteiger partial charge in [-0.05, 0) is 42.8 Å². The monoisotopic (exact) mass is 304 g/mol. The van der Waals surface area contributed by atoms with Crippen molar-refractivity contribution in [2.45, 2.75) is 19.3 Å². The smallest absolute Gasteiger partial charge is 0.307 e. The van der Waals surface area contributed by atoms with Crippen LogP contribution < -0.4 is 4.90 Å². The summed E-state index contributed by atoms with van der Waals surface area (Å²) in [5, 5.41) is 19.2. The molecule has 0 bridgehead atoms. The number of aliphatic carboxylic acids is 1. The van der Waals surface area contributed by atoms with Crippen LogP contribution in [-0.2, 0) is 11.2 Å². The summed E-state index contributed by atoms with van der Waals surface area (Å²) >= 11 is 5.09. The SMILES string of the molecule is O=C(O)Cc1ccc(-n2[nH]nnc2=S)cc1N1[CH]CCC1. The first-order valence-electron chi connectivity index (χ1n) is 6.60. The Morgan fingerprint density at radius 3 is 2.95 bits per heavy atom. The number of tetrazole rings is 1. The lowest BCUT2D eigenvalue weighted by atomic mass is 10.1. The van der Waals surface area contributed by atoms with Gasteiger partial charge in [-0.15, -0.1) is 0 Å². The normalized spacial score (nSPS) is 14.6. The number of nitrogens with one attached hydrogen (secondary N) is 1. The van der Waals surface area contributed by atoms with Crippen LogP contribution in [-0.4, -0.2) is 37.8 Å². The molecule has 7 nitrogen and oxygen atoms in total. The van der Waals surface area contributed by atoms with E-state index in [4.69, 9.17) is 17.3 Å². The molecule has 0 unspecified atom stereocenters. The van der Waals surface area contributed by atoms with Crippen LogP contribution in [0, 0.1) is 11.3 Å². The minimum absolute atomic E-state index is 0.00736. The summed E-state index contributed by atoms with van der Waals surface area (Å²) in [7, 11) is 0. The zero-order chi connectivity index (χ0) is 14.8. The molecule has 1 aromatic carbocycles. The van der Waals surface area contributed by atoms with Gasteiger partial charge in [0, 0.05) is 18.8 Å². The van der Waals surface area contributed by atoms with Crippen LogP contribution in [0.3, 0.4) is 0 Å². The lowest BCUT2D eigenvalue weighted by Crippen LogP contribution is -2.17. The molecule has 1 saturated heterocycles. The van der Waals surface area contributed by atoms with E-state index >= 15 is 0 Å². The number of anilines is 1. The molecule has 2 N–H and O–H groups in total. The molecule has 1 fully saturated rings. The van der Waals surface area contributed by atoms with E-state index in [1.807, 2.05) is 18.2 Å². The molecule has 2 aromatic rings. The third-order valence-electron chi connectivity index (χ3n) is 3.40. The summed E-state index contributed by atoms with van der Waals surface area (Å²) in [6.45, 7) is 2.98. The molecule has 2 heterocycles. The van der Waals surface area contributed by atoms with Crippen LogP contribution >= 0.6 is 12.2 Å². The highest BCUT2D eigenvalue weighted by molar-refractivity contribution is 7.71. The molecule has 1 aliphatic rings. The van der Waals surface area contributed by atoms with Gasteiger partial charge in [-0.1, -0.05) is 16.4 Å². The average Bonchev–Trinajstić information content (AvgIpc) is 3.10. The summed E-state index contributed by atoms with van der Waals surface area (Å²) in [5.74, 6) is -0.844. The maximum Gasteiger partial charge on any atom is 0.307 e. The van der Waals surface area contributed by atoms with Gasteiger partial charge in [0.25, 0.3) is 0 Å². The average molecular weight is 304 g/mol. The van der Waals surface area contributed by atoms with Crippen molar-refractivity contribution in [1.29, 1.82) is 0 Å². The Morgan fingerprint density at radius 2 is 2.33 bits per heavy atom. The third-order valence-corrected chi connectivity index (χ3v) is 3.67. The number of carboxylic acid groups (broad SMARTS) is 1. The molecular weight excluding hydrogens is 290 g/mol. The number of hydrogen-bond acceptors (Lipinski definition) is 5. The van der Waals surface area contributed by atoms with Gasteiger partial charge in [0.1, 0.15) is 0 Å². The van der Waals surface area contributed by atoms with Gasteiger partial charge in [0.05, 0.1) is 12.1 Å². The second-order valence-electron chi connectivity index (χ2n) is 4.82. The first-order valence-corrected chi connectivity index (χ1v) is 7.01. The number of carboxylic acids is 1. The van der Waals surface area contributed by atoms with Gasteiger partial charge in [0.15, 0.2) is 0 Å². The van der Waals surface area contributed by atoms with E-state index in [-0.39, 0.29) is 6.42 Å². The van der Waals surface area contributed by atoms with Gasteiger partial charge in [0.2, 0.25) is 4.77 Å². The summed E-state index contributed by atoms with van der Waals surface area (Å²) in [4.78, 5) is 13.1. The summed E-state index contributed by atoms with van der Waals surface area (Å²) in [5.41, 5.74) is 2.46. The molecule has 1 aromatic heterocycles. The number of H-pyrrole nitrogens is 1. The van der Waals surface area contributed by atoms with Crippen molar-refractivity contribution in [3.63, 3.8) is 0 Å². The lowest BCUT2D eigenvalue weighted by Gasteiger charge is -2.21. The van der Waals surface area contributed by atoms with Crippen LogP contribution in [0.1, 0.15) is 18.4 Å². The summed E-state index contributed by atoms with van der Waals surface area (Å²) in [6, 6.07) is 5.54. The van der Waals surface area contributed by atoms with Crippen molar-refractivity contribution in [1.82, 2.24) is 20.2 Å². The molecule has 8 heteroatoms. The standard InChI is InChI=1S/C13H14N5O2S/c19-12(20)7-9-3-4-10(18-13(21)14-15-16-18)8-11(9)17-5-1-2-6-17/h3-5,8H,1-2,6-7H2,(H,19,20)(H,14,16,21). The van der Waals surface area contributed by atoms with Crippen molar-refractivity contribution >= 4 is 23.9 Å². The van der Waals surface area contributed by atoms with Gasteiger partial charge in [-0.25, -0.2) is 4.68 Å². The first-order chi connectivity index (χ1) is 10.1. The first kappa shape index (κ1) is 13.7. The lowest BCUT2D eigenvalue weighted by molar-refractivity contribution is -0.136. The van der Waals surface area contributed by atoms with Crippen LogP contribution in [0.15, 0.2) is 18.2 Å². The molecule has 0 saturated carbocycles. The van der Waals surface area contributed by atoms with E-state index in [0.29, 0.717) is 4.77 Å². The molecule has 0 aliphatic carbocycles. The number of nitrogens with zero attached hydrogens (tertiary/aromatic N) is 4. The number of benzene rings is 1. The third kappa shape index (κ3) is 2.80. The molecule has 21 heavy (non-hydrogen) atoms. The fraction of sp³-hybridized carbons (Fsp3) is 0.308. The molecule has 0 spiro atoms. The molecule has 3 rings (SSSR count). The molecule has 1 radical (unpaired) electrons. The van der Waals surface area contributed by atoms with E-state index < -0.39 is 5.97 Å². The Labute approximate surface area is 126 Å². The minimum atomic E-state index is -0.844. The predicted molar refractivity (Wildman–Crippen MR) is 78.8 cm³/mol. The van der Waals surface area contributed by atoms with E-state index in [0.717, 1.165) is 36.3 Å². The van der Waals surface area contributed by atoms with E-state index in [1.165, 1.54) is 0 Å². The maximum atomic E-state index is 11.0. The van der Waals surface area contributed by atoms with E-state index in [1.54, 1.807) is 4.68 Å². The molecule has 1 aliphatic heterocycles. The number of aromatic amines is 1. The van der Waals surface area contributed by atoms with Crippen LogP contribution in [0.4, 0.5) is 5.69 Å². The van der Waals surface area contributed by atoms with Crippen LogP contribution in [0.5, 0.6) is 0 Å². The van der Waals surface area contributed by atoms with E-state index in [9.17, 15) is 4.79 Å². The Morgan fingerprint density at radius 1 is 1.48 bits per heavy atom. The van der Waals surface area contributed by atoms with Crippen molar-refractivity contribution in [3.8, 4) is 5.69 Å². The predicted octanol–water partition coefficient (Wildman–Crippen LogP) is 1.71. The van der Waals surface area contributed by atoms with Crippen molar-refractivity contribution in [2.24, 2.45) is 0 Å². The molecule has 0 atom stereocenters. The molecule has 0 amide bonds. The van der Waals surface area contributed by atoms with Gasteiger partial charge in [-0.2, -0.15) is 5.21 Å². The number of hydrogen-bond donors (Lipinski definition) is 2. The van der Waals surface area contributed by atoms with E-state index in [2.05, 4.69) is 27.0 Å². The summed E-state index contributed by atoms with van der Waals surface area (Å²) < 4.78 is 1.91. The number of carbonyl (C=O) groups is 1. The Balaban J connectivity index is 2.05. The maximum absolute atomic E-state index is 11.0. The zero-order valence-electron chi connectivity index (χ0n) is 11.2. The van der Waals surface area contributed by atoms with Crippen LogP contribution in [0.25, 0.3) is 5.69 Å². The van der Waals surface area contributed by atoms with Crippen LogP contribution in [0.2, 0.25) is 0 Å². The largest absolute Gasteiger partial charge is 0.481 e. The number of rotatable bonds is 4. The van der Waals surface area contributed by atoms with Gasteiger partial charge >= 0.3 is 5.97 Å². The quantitative estimate of drug-likeness (QED) is 0.836. The fourth-order valence-electron chi connectivity index (χ4n) is 2.46. The Hall–Kier alpha value is -2.22. The van der Waals surface area contributed by atoms with Crippen molar-refractivity contribution in [2.75, 3.05) is 11.4 Å².